The summed E-state index contributed by atoms with van der Waals surface area (Å²) in [6, 6.07) is 3.85. The molecule has 6 nitrogen and oxygen atoms in total. The molecule has 0 unspecified atom stereocenters. The Balaban J connectivity index is 2.42. The summed E-state index contributed by atoms with van der Waals surface area (Å²) in [5.74, 6) is -0.122. The Morgan fingerprint density at radius 1 is 1.36 bits per heavy atom. The molecule has 1 heterocycles. The Labute approximate surface area is 78.2 Å². The lowest BCUT2D eigenvalue weighted by Crippen LogP contribution is -2.22. The van der Waals surface area contributed by atoms with Crippen LogP contribution in [0.3, 0.4) is 0 Å². The second-order valence-electron chi connectivity index (χ2n) is 2.65. The van der Waals surface area contributed by atoms with Gasteiger partial charge in [0.1, 0.15) is 0 Å². The highest BCUT2D eigenvalue weighted by atomic mass is 16.6. The maximum absolute atomic E-state index is 10.8. The summed E-state index contributed by atoms with van der Waals surface area (Å²) in [7, 11) is 0. The van der Waals surface area contributed by atoms with Gasteiger partial charge in [-0.25, -0.2) is 4.79 Å². The number of nitro groups is 1. The number of hydrogen-bond donors (Lipinski definition) is 0. The predicted molar refractivity (Wildman–Crippen MR) is 44.2 cm³/mol. The van der Waals surface area contributed by atoms with Crippen molar-refractivity contribution in [3.05, 3.63) is 28.3 Å². The van der Waals surface area contributed by atoms with Crippen LogP contribution in [0.4, 0.5) is 5.69 Å². The smallest absolute Gasteiger partial charge is 0.349 e. The first-order valence-electron chi connectivity index (χ1n) is 3.79. The minimum Gasteiger partial charge on any atom is -0.478 e. The van der Waals surface area contributed by atoms with Gasteiger partial charge in [-0.2, -0.15) is 0 Å². The van der Waals surface area contributed by atoms with Gasteiger partial charge in [0.05, 0.1) is 11.0 Å². The van der Waals surface area contributed by atoms with E-state index >= 15 is 0 Å². The maximum atomic E-state index is 10.8. The van der Waals surface area contributed by atoms with Gasteiger partial charge in [-0.05, 0) is 6.07 Å². The molecular formula is C8H5NO5. The molecule has 72 valence electrons. The predicted octanol–water partition coefficient (Wildman–Crippen LogP) is 0.893. The van der Waals surface area contributed by atoms with Crippen molar-refractivity contribution < 1.29 is 19.2 Å². The summed E-state index contributed by atoms with van der Waals surface area (Å²) < 4.78 is 9.73. The van der Waals surface area contributed by atoms with E-state index in [0.29, 0.717) is 5.75 Å². The molecule has 0 radical (unpaired) electrons. The molecule has 1 aliphatic rings. The van der Waals surface area contributed by atoms with Gasteiger partial charge in [-0.1, -0.05) is 0 Å². The summed E-state index contributed by atoms with van der Waals surface area (Å²) in [5.41, 5.74) is -0.137. The first kappa shape index (κ1) is 8.49. The Hall–Kier alpha value is -2.11. The van der Waals surface area contributed by atoms with Crippen LogP contribution in [0.1, 0.15) is 0 Å². The largest absolute Gasteiger partial charge is 0.478 e. The van der Waals surface area contributed by atoms with Crippen LogP contribution in [0.2, 0.25) is 0 Å². The van der Waals surface area contributed by atoms with E-state index in [1.807, 2.05) is 0 Å². The van der Waals surface area contributed by atoms with Gasteiger partial charge in [0.15, 0.2) is 18.1 Å². The number of rotatable bonds is 1. The minimum absolute atomic E-state index is 0.0930. The molecule has 0 saturated heterocycles. The van der Waals surface area contributed by atoms with Crippen molar-refractivity contribution in [2.75, 3.05) is 6.61 Å². The van der Waals surface area contributed by atoms with Gasteiger partial charge in [-0.15, -0.1) is 0 Å². The number of fused-ring (bicyclic) bond motifs is 1. The highest BCUT2D eigenvalue weighted by Gasteiger charge is 2.20. The number of non-ortho nitro benzene ring substituents is 1. The first-order chi connectivity index (χ1) is 6.66. The monoisotopic (exact) mass is 195 g/mol. The lowest BCUT2D eigenvalue weighted by molar-refractivity contribution is -0.384. The molecule has 0 aliphatic carbocycles. The van der Waals surface area contributed by atoms with Gasteiger partial charge < -0.3 is 9.47 Å². The van der Waals surface area contributed by atoms with E-state index in [-0.39, 0.29) is 18.0 Å². The molecule has 0 amide bonds. The highest BCUT2D eigenvalue weighted by Crippen LogP contribution is 2.33. The molecule has 0 N–H and O–H groups in total. The van der Waals surface area contributed by atoms with Crippen LogP contribution < -0.4 is 9.47 Å². The minimum atomic E-state index is -0.567. The molecule has 2 rings (SSSR count). The van der Waals surface area contributed by atoms with E-state index in [1.54, 1.807) is 0 Å². The van der Waals surface area contributed by atoms with Crippen molar-refractivity contribution in [3.63, 3.8) is 0 Å². The van der Waals surface area contributed by atoms with Gasteiger partial charge >= 0.3 is 5.97 Å². The molecule has 0 atom stereocenters. The van der Waals surface area contributed by atoms with Gasteiger partial charge in [0.2, 0.25) is 0 Å². The zero-order chi connectivity index (χ0) is 10.1. The van der Waals surface area contributed by atoms with Crippen molar-refractivity contribution in [2.24, 2.45) is 0 Å². The highest BCUT2D eigenvalue weighted by molar-refractivity contribution is 5.77. The zero-order valence-electron chi connectivity index (χ0n) is 6.93. The standard InChI is InChI=1S/C8H5NO5/c10-8-4-13-6-2-1-5(9(11)12)3-7(6)14-8/h1-3H,4H2. The molecule has 0 spiro atoms. The Morgan fingerprint density at radius 3 is 2.86 bits per heavy atom. The lowest BCUT2D eigenvalue weighted by Gasteiger charge is -2.15. The molecule has 0 fully saturated rings. The van der Waals surface area contributed by atoms with Crippen LogP contribution in [0.5, 0.6) is 11.5 Å². The zero-order valence-corrected chi connectivity index (χ0v) is 6.93. The molecule has 0 aromatic heterocycles. The second-order valence-corrected chi connectivity index (χ2v) is 2.65. The lowest BCUT2D eigenvalue weighted by atomic mass is 10.2. The quantitative estimate of drug-likeness (QED) is 0.288. The topological polar surface area (TPSA) is 78.7 Å². The van der Waals surface area contributed by atoms with Gasteiger partial charge in [-0.3, -0.25) is 10.1 Å². The molecule has 6 heteroatoms. The third kappa shape index (κ3) is 1.37. The van der Waals surface area contributed by atoms with E-state index in [9.17, 15) is 14.9 Å². The summed E-state index contributed by atoms with van der Waals surface area (Å²) >= 11 is 0. The van der Waals surface area contributed by atoms with Gasteiger partial charge in [0.25, 0.3) is 5.69 Å². The van der Waals surface area contributed by atoms with Crippen molar-refractivity contribution in [3.8, 4) is 11.5 Å². The van der Waals surface area contributed by atoms with Crippen LogP contribution in [0, 0.1) is 10.1 Å². The summed E-state index contributed by atoms with van der Waals surface area (Å²) in [6.45, 7) is -0.162. The molecule has 1 aromatic carbocycles. The number of nitro benzene ring substituents is 1. The summed E-state index contributed by atoms with van der Waals surface area (Å²) in [5, 5.41) is 10.4. The van der Waals surface area contributed by atoms with Gasteiger partial charge in [0, 0.05) is 6.07 Å². The Morgan fingerprint density at radius 2 is 2.14 bits per heavy atom. The number of ether oxygens (including phenoxy) is 2. The molecule has 0 saturated carbocycles. The third-order valence-electron chi connectivity index (χ3n) is 1.71. The van der Waals surface area contributed by atoms with Crippen molar-refractivity contribution in [1.29, 1.82) is 0 Å². The number of carbonyl (C=O) groups excluding carboxylic acids is 1. The van der Waals surface area contributed by atoms with E-state index < -0.39 is 10.9 Å². The Kier molecular flexibility index (Phi) is 1.81. The molecular weight excluding hydrogens is 190 g/mol. The van der Waals surface area contributed by atoms with Crippen molar-refractivity contribution in [2.45, 2.75) is 0 Å². The normalized spacial score (nSPS) is 13.9. The summed E-state index contributed by atoms with van der Waals surface area (Å²) in [6.07, 6.45) is 0. The number of esters is 1. The van der Waals surface area contributed by atoms with Crippen molar-refractivity contribution >= 4 is 11.7 Å². The average Bonchev–Trinajstić information content (AvgIpc) is 2.16. The van der Waals surface area contributed by atoms with Crippen LogP contribution >= 0.6 is 0 Å². The third-order valence-corrected chi connectivity index (χ3v) is 1.71. The molecule has 0 bridgehead atoms. The van der Waals surface area contributed by atoms with Crippen LogP contribution in [0.15, 0.2) is 18.2 Å². The van der Waals surface area contributed by atoms with Crippen LogP contribution in [-0.4, -0.2) is 17.5 Å². The van der Waals surface area contributed by atoms with E-state index in [2.05, 4.69) is 0 Å². The molecule has 14 heavy (non-hydrogen) atoms. The molecule has 1 aliphatic heterocycles. The SMILES string of the molecule is O=C1COc2ccc([N+](=O)[O-])cc2O1. The Bertz CT molecular complexity index is 414. The van der Waals surface area contributed by atoms with E-state index in [1.165, 1.54) is 12.1 Å². The second kappa shape index (κ2) is 2.99. The van der Waals surface area contributed by atoms with Crippen LogP contribution in [0.25, 0.3) is 0 Å². The fraction of sp³-hybridized carbons (Fsp3) is 0.125. The first-order valence-corrected chi connectivity index (χ1v) is 3.79. The average molecular weight is 195 g/mol. The summed E-state index contributed by atoms with van der Waals surface area (Å²) in [4.78, 5) is 20.6. The number of carbonyl (C=O) groups is 1. The van der Waals surface area contributed by atoms with Crippen molar-refractivity contribution in [1.82, 2.24) is 0 Å². The van der Waals surface area contributed by atoms with Crippen LogP contribution in [-0.2, 0) is 4.79 Å². The fourth-order valence-electron chi connectivity index (χ4n) is 1.10. The number of hydrogen-bond acceptors (Lipinski definition) is 5. The number of benzene rings is 1. The van der Waals surface area contributed by atoms with E-state index in [4.69, 9.17) is 9.47 Å². The van der Waals surface area contributed by atoms with E-state index in [0.717, 1.165) is 6.07 Å². The molecule has 1 aromatic rings. The number of nitrogens with zero attached hydrogens (tertiary/aromatic N) is 1. The maximum Gasteiger partial charge on any atom is 0.349 e. The fourth-order valence-corrected chi connectivity index (χ4v) is 1.10.